The molecule has 0 fully saturated rings. The summed E-state index contributed by atoms with van der Waals surface area (Å²) in [4.78, 5) is 13.2. The molecule has 1 N–H and O–H groups in total. The Bertz CT molecular complexity index is 1250. The number of aryl methyl sites for hydroxylation is 1. The highest BCUT2D eigenvalue weighted by molar-refractivity contribution is 8.00. The zero-order valence-corrected chi connectivity index (χ0v) is 19.1. The predicted octanol–water partition coefficient (Wildman–Crippen LogP) is 7.11. The molecule has 0 aliphatic rings. The van der Waals surface area contributed by atoms with Gasteiger partial charge in [-0.15, -0.1) is 10.2 Å². The number of nitrogens with zero attached hydrogens (tertiary/aromatic N) is 2. The fourth-order valence-corrected chi connectivity index (χ4v) is 5.65. The van der Waals surface area contributed by atoms with Crippen LogP contribution in [0.3, 0.4) is 0 Å². The van der Waals surface area contributed by atoms with Crippen LogP contribution in [-0.4, -0.2) is 21.9 Å². The number of hydrogen-bond donors (Lipinski definition) is 1. The van der Waals surface area contributed by atoms with Crippen LogP contribution in [-0.2, 0) is 5.75 Å². The van der Waals surface area contributed by atoms with Gasteiger partial charge >= 0.3 is 0 Å². The van der Waals surface area contributed by atoms with Gasteiger partial charge < -0.3 is 9.73 Å². The first-order valence-electron chi connectivity index (χ1n) is 8.90. The number of nitrogens with one attached hydrogen (secondary N) is 1. The third-order valence-corrected chi connectivity index (χ3v) is 7.45. The van der Waals surface area contributed by atoms with E-state index in [0.717, 1.165) is 14.7 Å². The summed E-state index contributed by atoms with van der Waals surface area (Å²) in [5.41, 5.74) is 1.45. The molecule has 2 aromatic heterocycles. The molecule has 0 unspecified atom stereocenters. The van der Waals surface area contributed by atoms with Crippen molar-refractivity contribution in [3.63, 3.8) is 0 Å². The molecule has 0 aliphatic carbocycles. The quantitative estimate of drug-likeness (QED) is 0.274. The number of rotatable bonds is 7. The number of anilines is 1. The van der Waals surface area contributed by atoms with Gasteiger partial charge in [-0.3, -0.25) is 4.79 Å². The van der Waals surface area contributed by atoms with Crippen molar-refractivity contribution in [1.82, 2.24) is 10.2 Å². The number of furan rings is 1. The normalized spacial score (nSPS) is 11.4. The lowest BCUT2D eigenvalue weighted by Gasteiger charge is -2.11. The summed E-state index contributed by atoms with van der Waals surface area (Å²) in [6, 6.07) is 11.9. The molecule has 11 heteroatoms. The van der Waals surface area contributed by atoms with Gasteiger partial charge in [-0.2, -0.15) is 8.78 Å². The van der Waals surface area contributed by atoms with Crippen molar-refractivity contribution in [1.29, 1.82) is 0 Å². The smallest absolute Gasteiger partial charge is 0.291 e. The van der Waals surface area contributed by atoms with Crippen LogP contribution in [0.4, 0.5) is 14.5 Å². The third kappa shape index (κ3) is 5.03. The number of carbonyl (C=O) groups is 1. The Morgan fingerprint density at radius 3 is 2.77 bits per heavy atom. The van der Waals surface area contributed by atoms with Crippen molar-refractivity contribution in [3.05, 3.63) is 63.8 Å². The van der Waals surface area contributed by atoms with Crippen LogP contribution in [0, 0.1) is 6.92 Å². The average molecular weight is 498 g/mol. The first kappa shape index (κ1) is 22.1. The minimum atomic E-state index is -2.68. The second kappa shape index (κ2) is 9.56. The van der Waals surface area contributed by atoms with E-state index >= 15 is 0 Å². The number of para-hydroxylation sites is 1. The fourth-order valence-electron chi connectivity index (χ4n) is 2.89. The molecule has 0 bridgehead atoms. The highest BCUT2D eigenvalue weighted by Gasteiger charge is 2.23. The number of alkyl halides is 2. The second-order valence-corrected chi connectivity index (χ2v) is 10.0. The summed E-state index contributed by atoms with van der Waals surface area (Å²) >= 11 is 9.26. The molecule has 0 aliphatic heterocycles. The first-order valence-corrected chi connectivity index (χ1v) is 12.0. The zero-order chi connectivity index (χ0) is 22.0. The number of carbonyl (C=O) groups excluding carboxylic acids is 1. The maximum absolute atomic E-state index is 13.1. The van der Waals surface area contributed by atoms with Gasteiger partial charge in [0.05, 0.1) is 15.6 Å². The van der Waals surface area contributed by atoms with Crippen molar-refractivity contribution in [2.24, 2.45) is 0 Å². The SMILES string of the molecule is Cc1nnc(SCc2c(C(=O)Nc3cccc(Cl)c3SC(F)F)oc3ccccc23)s1. The Kier molecular flexibility index (Phi) is 6.80. The summed E-state index contributed by atoms with van der Waals surface area (Å²) in [7, 11) is 0. The van der Waals surface area contributed by atoms with Crippen LogP contribution in [0.1, 0.15) is 21.1 Å². The zero-order valence-electron chi connectivity index (χ0n) is 15.9. The largest absolute Gasteiger partial charge is 0.451 e. The van der Waals surface area contributed by atoms with Crippen molar-refractivity contribution in [3.8, 4) is 0 Å². The summed E-state index contributed by atoms with van der Waals surface area (Å²) in [6.07, 6.45) is 0. The van der Waals surface area contributed by atoms with Crippen LogP contribution < -0.4 is 5.32 Å². The summed E-state index contributed by atoms with van der Waals surface area (Å²) < 4.78 is 32.5. The van der Waals surface area contributed by atoms with E-state index in [4.69, 9.17) is 16.0 Å². The number of amides is 1. The lowest BCUT2D eigenvalue weighted by molar-refractivity contribution is 0.0997. The molecule has 2 aromatic carbocycles. The molecule has 0 saturated carbocycles. The average Bonchev–Trinajstić information content (AvgIpc) is 3.32. The molecule has 0 saturated heterocycles. The van der Waals surface area contributed by atoms with E-state index in [-0.39, 0.29) is 33.1 Å². The maximum atomic E-state index is 13.1. The van der Waals surface area contributed by atoms with E-state index in [1.165, 1.54) is 35.2 Å². The van der Waals surface area contributed by atoms with Gasteiger partial charge in [0.25, 0.3) is 11.7 Å². The standard InChI is InChI=1S/C20H14ClF2N3O2S3/c1-10-25-26-20(30-10)29-9-12-11-5-2-3-8-15(11)28-16(12)18(27)24-14-7-4-6-13(21)17(14)31-19(22)23/h2-8,19H,9H2,1H3,(H,24,27). The van der Waals surface area contributed by atoms with E-state index in [1.54, 1.807) is 12.1 Å². The molecule has 0 atom stereocenters. The Morgan fingerprint density at radius 1 is 1.23 bits per heavy atom. The third-order valence-electron chi connectivity index (χ3n) is 4.17. The molecule has 160 valence electrons. The van der Waals surface area contributed by atoms with Crippen LogP contribution in [0.25, 0.3) is 11.0 Å². The van der Waals surface area contributed by atoms with E-state index < -0.39 is 11.7 Å². The summed E-state index contributed by atoms with van der Waals surface area (Å²) in [6.45, 7) is 1.87. The number of aromatic nitrogens is 2. The summed E-state index contributed by atoms with van der Waals surface area (Å²) in [5, 5.41) is 12.6. The van der Waals surface area contributed by atoms with E-state index in [2.05, 4.69) is 15.5 Å². The molecule has 4 rings (SSSR count). The molecule has 0 spiro atoms. The van der Waals surface area contributed by atoms with Crippen LogP contribution >= 0.6 is 46.5 Å². The van der Waals surface area contributed by atoms with E-state index in [0.29, 0.717) is 16.9 Å². The Labute approximate surface area is 193 Å². The van der Waals surface area contributed by atoms with Crippen molar-refractivity contribution >= 4 is 69.0 Å². The molecule has 31 heavy (non-hydrogen) atoms. The van der Waals surface area contributed by atoms with Gasteiger partial charge in [0.1, 0.15) is 10.6 Å². The van der Waals surface area contributed by atoms with Gasteiger partial charge in [-0.1, -0.05) is 70.7 Å². The monoisotopic (exact) mass is 497 g/mol. The van der Waals surface area contributed by atoms with Gasteiger partial charge in [0.2, 0.25) is 0 Å². The van der Waals surface area contributed by atoms with E-state index in [1.807, 2.05) is 25.1 Å². The molecule has 0 radical (unpaired) electrons. The fraction of sp³-hybridized carbons (Fsp3) is 0.150. The lowest BCUT2D eigenvalue weighted by atomic mass is 10.1. The Morgan fingerprint density at radius 2 is 2.03 bits per heavy atom. The Balaban J connectivity index is 1.66. The first-order chi connectivity index (χ1) is 14.9. The second-order valence-electron chi connectivity index (χ2n) is 6.23. The highest BCUT2D eigenvalue weighted by atomic mass is 35.5. The highest BCUT2D eigenvalue weighted by Crippen LogP contribution is 2.39. The van der Waals surface area contributed by atoms with Crippen LogP contribution in [0.5, 0.6) is 0 Å². The lowest BCUT2D eigenvalue weighted by Crippen LogP contribution is -2.13. The molecule has 4 aromatic rings. The topological polar surface area (TPSA) is 68.0 Å². The van der Waals surface area contributed by atoms with Gasteiger partial charge in [0.15, 0.2) is 10.1 Å². The minimum absolute atomic E-state index is 0.101. The van der Waals surface area contributed by atoms with Crippen LogP contribution in [0.15, 0.2) is 56.1 Å². The molecular weight excluding hydrogens is 484 g/mol. The van der Waals surface area contributed by atoms with Gasteiger partial charge in [-0.25, -0.2) is 0 Å². The minimum Gasteiger partial charge on any atom is -0.451 e. The maximum Gasteiger partial charge on any atom is 0.291 e. The van der Waals surface area contributed by atoms with Crippen molar-refractivity contribution < 1.29 is 18.0 Å². The number of halogens is 3. The Hall–Kier alpha value is -2.14. The van der Waals surface area contributed by atoms with E-state index in [9.17, 15) is 13.6 Å². The number of hydrogen-bond acceptors (Lipinski definition) is 7. The predicted molar refractivity (Wildman–Crippen MR) is 122 cm³/mol. The summed E-state index contributed by atoms with van der Waals surface area (Å²) in [5.74, 6) is -2.67. The van der Waals surface area contributed by atoms with Crippen molar-refractivity contribution in [2.75, 3.05) is 5.32 Å². The van der Waals surface area contributed by atoms with Crippen molar-refractivity contribution in [2.45, 2.75) is 27.7 Å². The molecule has 5 nitrogen and oxygen atoms in total. The number of thioether (sulfide) groups is 2. The van der Waals surface area contributed by atoms with Crippen LogP contribution in [0.2, 0.25) is 5.02 Å². The van der Waals surface area contributed by atoms with Gasteiger partial charge in [-0.05, 0) is 25.1 Å². The molecule has 1 amide bonds. The molecule has 2 heterocycles. The number of benzene rings is 2. The number of fused-ring (bicyclic) bond motifs is 1. The molecular formula is C20H14ClF2N3O2S3. The van der Waals surface area contributed by atoms with Gasteiger partial charge in [0, 0.05) is 16.7 Å².